The monoisotopic (exact) mass is 264 g/mol. The van der Waals surface area contributed by atoms with Gasteiger partial charge >= 0.3 is 6.09 Å². The van der Waals surface area contributed by atoms with Crippen LogP contribution in [-0.2, 0) is 4.79 Å². The molecule has 1 heterocycles. The second kappa shape index (κ2) is 5.71. The van der Waals surface area contributed by atoms with E-state index in [0.717, 1.165) is 0 Å². The largest absolute Gasteiger partial charge is 0.465 e. The summed E-state index contributed by atoms with van der Waals surface area (Å²) in [6.07, 6.45) is -1.24. The van der Waals surface area contributed by atoms with Crippen molar-refractivity contribution in [3.05, 3.63) is 35.9 Å². The number of hydrogen-bond donors (Lipinski definition) is 3. The van der Waals surface area contributed by atoms with Gasteiger partial charge in [-0.2, -0.15) is 0 Å². The predicted octanol–water partition coefficient (Wildman–Crippen LogP) is 0.588. The topological polar surface area (TPSA) is 89.9 Å². The molecule has 6 heteroatoms. The van der Waals surface area contributed by atoms with Gasteiger partial charge in [0.15, 0.2) is 0 Å². The number of rotatable bonds is 3. The second-order valence-electron chi connectivity index (χ2n) is 4.52. The fraction of sp³-hybridized carbons (Fsp3) is 0.385. The van der Waals surface area contributed by atoms with E-state index >= 15 is 0 Å². The third kappa shape index (κ3) is 3.23. The minimum Gasteiger partial charge on any atom is -0.465 e. The van der Waals surface area contributed by atoms with E-state index in [-0.39, 0.29) is 12.5 Å². The van der Waals surface area contributed by atoms with Gasteiger partial charge in [-0.3, -0.25) is 4.79 Å². The zero-order valence-electron chi connectivity index (χ0n) is 10.3. The van der Waals surface area contributed by atoms with E-state index < -0.39 is 18.2 Å². The van der Waals surface area contributed by atoms with Crippen LogP contribution in [0.1, 0.15) is 18.0 Å². The summed E-state index contributed by atoms with van der Waals surface area (Å²) >= 11 is 0. The minimum atomic E-state index is -1.25. The number of carbonyl (C=O) groups excluding carboxylic acids is 1. The number of nitrogens with one attached hydrogen (secondary N) is 1. The zero-order valence-corrected chi connectivity index (χ0v) is 10.3. The van der Waals surface area contributed by atoms with Crippen molar-refractivity contribution in [2.75, 3.05) is 13.1 Å². The van der Waals surface area contributed by atoms with E-state index in [1.54, 1.807) is 30.3 Å². The number of aliphatic hydroxyl groups excluding tert-OH is 1. The number of carbonyl (C=O) groups is 2. The van der Waals surface area contributed by atoms with Gasteiger partial charge in [-0.1, -0.05) is 30.3 Å². The Kier molecular flexibility index (Phi) is 4.01. The maximum absolute atomic E-state index is 12.3. The average molecular weight is 264 g/mol. The van der Waals surface area contributed by atoms with Crippen LogP contribution in [0, 0.1) is 0 Å². The van der Waals surface area contributed by atoms with Crippen LogP contribution in [0.3, 0.4) is 0 Å². The maximum atomic E-state index is 12.3. The fourth-order valence-corrected chi connectivity index (χ4v) is 2.18. The van der Waals surface area contributed by atoms with Crippen LogP contribution in [0.15, 0.2) is 30.3 Å². The van der Waals surface area contributed by atoms with Gasteiger partial charge in [0.25, 0.3) is 0 Å². The summed E-state index contributed by atoms with van der Waals surface area (Å²) in [5.41, 5.74) is 0.594. The lowest BCUT2D eigenvalue weighted by atomic mass is 10.1. The lowest BCUT2D eigenvalue weighted by Gasteiger charge is -2.23. The Hall–Kier alpha value is -2.08. The molecular weight excluding hydrogens is 248 g/mol. The molecule has 1 saturated heterocycles. The Bertz CT molecular complexity index is 463. The molecule has 1 fully saturated rings. The molecule has 0 aliphatic carbocycles. The SMILES string of the molecule is O=C(O)NC(C(=O)N1CC[C@@H](O)C1)c1ccccc1. The number of hydrogen-bond acceptors (Lipinski definition) is 3. The first-order valence-electron chi connectivity index (χ1n) is 6.09. The molecule has 0 spiro atoms. The highest BCUT2D eigenvalue weighted by atomic mass is 16.4. The standard InChI is InChI=1S/C13H16N2O4/c16-10-6-7-15(8-10)12(17)11(14-13(18)19)9-4-2-1-3-5-9/h1-5,10-11,14,16H,6-8H2,(H,18,19)/t10-,11?/m1/s1. The van der Waals surface area contributed by atoms with E-state index in [1.807, 2.05) is 0 Å². The summed E-state index contributed by atoms with van der Waals surface area (Å²) in [6, 6.07) is 7.76. The highest BCUT2D eigenvalue weighted by Crippen LogP contribution is 2.19. The first-order valence-corrected chi connectivity index (χ1v) is 6.09. The molecule has 1 aliphatic rings. The number of aliphatic hydroxyl groups is 1. The Morgan fingerprint density at radius 3 is 2.53 bits per heavy atom. The summed E-state index contributed by atoms with van der Waals surface area (Å²) in [4.78, 5) is 24.6. The number of amides is 2. The molecule has 0 bridgehead atoms. The summed E-state index contributed by atoms with van der Waals surface area (Å²) < 4.78 is 0. The van der Waals surface area contributed by atoms with Crippen molar-refractivity contribution >= 4 is 12.0 Å². The molecule has 0 saturated carbocycles. The summed E-state index contributed by atoms with van der Waals surface area (Å²) in [5.74, 6) is -0.329. The van der Waals surface area contributed by atoms with E-state index in [2.05, 4.69) is 5.32 Å². The molecule has 6 nitrogen and oxygen atoms in total. The molecule has 2 atom stereocenters. The van der Waals surface area contributed by atoms with Crippen LogP contribution >= 0.6 is 0 Å². The lowest BCUT2D eigenvalue weighted by molar-refractivity contribution is -0.132. The highest BCUT2D eigenvalue weighted by molar-refractivity contribution is 5.86. The van der Waals surface area contributed by atoms with Crippen LogP contribution in [0.5, 0.6) is 0 Å². The Balaban J connectivity index is 2.18. The van der Waals surface area contributed by atoms with Gasteiger partial charge in [0.05, 0.1) is 6.10 Å². The van der Waals surface area contributed by atoms with E-state index in [9.17, 15) is 14.7 Å². The van der Waals surface area contributed by atoms with Crippen LogP contribution in [0.2, 0.25) is 0 Å². The normalized spacial score (nSPS) is 20.1. The smallest absolute Gasteiger partial charge is 0.405 e. The van der Waals surface area contributed by atoms with Gasteiger partial charge < -0.3 is 20.4 Å². The molecule has 1 unspecified atom stereocenters. The van der Waals surface area contributed by atoms with Crippen molar-refractivity contribution in [2.45, 2.75) is 18.6 Å². The van der Waals surface area contributed by atoms with Crippen molar-refractivity contribution in [3.63, 3.8) is 0 Å². The van der Waals surface area contributed by atoms with E-state index in [1.165, 1.54) is 4.90 Å². The van der Waals surface area contributed by atoms with Crippen molar-refractivity contribution in [1.82, 2.24) is 10.2 Å². The average Bonchev–Trinajstić information content (AvgIpc) is 2.83. The summed E-state index contributed by atoms with van der Waals surface area (Å²) in [6.45, 7) is 0.702. The molecule has 0 aromatic heterocycles. The Morgan fingerprint density at radius 1 is 1.32 bits per heavy atom. The Labute approximate surface area is 110 Å². The minimum absolute atomic E-state index is 0.253. The number of benzene rings is 1. The third-order valence-electron chi connectivity index (χ3n) is 3.12. The number of nitrogens with zero attached hydrogens (tertiary/aromatic N) is 1. The Morgan fingerprint density at radius 2 is 2.00 bits per heavy atom. The summed E-state index contributed by atoms with van der Waals surface area (Å²) in [5, 5.41) is 20.5. The van der Waals surface area contributed by atoms with Crippen molar-refractivity contribution in [1.29, 1.82) is 0 Å². The fourth-order valence-electron chi connectivity index (χ4n) is 2.18. The van der Waals surface area contributed by atoms with Gasteiger partial charge in [0.2, 0.25) is 5.91 Å². The molecule has 102 valence electrons. The number of carboxylic acid groups (broad SMARTS) is 1. The van der Waals surface area contributed by atoms with Crippen LogP contribution in [-0.4, -0.2) is 46.3 Å². The van der Waals surface area contributed by atoms with Gasteiger partial charge in [0, 0.05) is 13.1 Å². The van der Waals surface area contributed by atoms with E-state index in [4.69, 9.17) is 5.11 Å². The first-order chi connectivity index (χ1) is 9.08. The number of β-amino-alcohol motifs (C(OH)–C–C–N with tert-alkyl or cyclic N) is 1. The van der Waals surface area contributed by atoms with Gasteiger partial charge in [-0.15, -0.1) is 0 Å². The number of likely N-dealkylation sites (tertiary alicyclic amines) is 1. The third-order valence-corrected chi connectivity index (χ3v) is 3.12. The van der Waals surface area contributed by atoms with Gasteiger partial charge in [-0.25, -0.2) is 4.79 Å². The molecule has 19 heavy (non-hydrogen) atoms. The summed E-state index contributed by atoms with van der Waals surface area (Å²) in [7, 11) is 0. The van der Waals surface area contributed by atoms with Gasteiger partial charge in [-0.05, 0) is 12.0 Å². The molecule has 2 rings (SSSR count). The van der Waals surface area contributed by atoms with Gasteiger partial charge in [0.1, 0.15) is 6.04 Å². The molecule has 2 amide bonds. The quantitative estimate of drug-likeness (QED) is 0.745. The van der Waals surface area contributed by atoms with E-state index in [0.29, 0.717) is 18.5 Å². The molecule has 1 aliphatic heterocycles. The molecule has 0 radical (unpaired) electrons. The van der Waals surface area contributed by atoms with Crippen LogP contribution in [0.4, 0.5) is 4.79 Å². The van der Waals surface area contributed by atoms with Crippen molar-refractivity contribution in [3.8, 4) is 0 Å². The van der Waals surface area contributed by atoms with Crippen LogP contribution in [0.25, 0.3) is 0 Å². The van der Waals surface area contributed by atoms with Crippen molar-refractivity contribution < 1.29 is 19.8 Å². The first kappa shape index (κ1) is 13.4. The lowest BCUT2D eigenvalue weighted by Crippen LogP contribution is -2.41. The van der Waals surface area contributed by atoms with Crippen LogP contribution < -0.4 is 5.32 Å². The molecule has 1 aromatic carbocycles. The highest BCUT2D eigenvalue weighted by Gasteiger charge is 2.31. The predicted molar refractivity (Wildman–Crippen MR) is 67.5 cm³/mol. The second-order valence-corrected chi connectivity index (χ2v) is 4.52. The zero-order chi connectivity index (χ0) is 13.8. The molecule has 1 aromatic rings. The molecule has 3 N–H and O–H groups in total. The van der Waals surface area contributed by atoms with Crippen molar-refractivity contribution in [2.24, 2.45) is 0 Å². The maximum Gasteiger partial charge on any atom is 0.405 e. The molecular formula is C13H16N2O4.